The van der Waals surface area contributed by atoms with Crippen molar-refractivity contribution in [2.75, 3.05) is 4.90 Å². The molecular formula is C41H39N. The van der Waals surface area contributed by atoms with Gasteiger partial charge in [0.15, 0.2) is 0 Å². The summed E-state index contributed by atoms with van der Waals surface area (Å²) in [4.78, 5) is 2.60. The zero-order valence-corrected chi connectivity index (χ0v) is 24.9. The smallest absolute Gasteiger partial charge is 0.0543 e. The van der Waals surface area contributed by atoms with Gasteiger partial charge in [0.1, 0.15) is 0 Å². The molecule has 3 aliphatic carbocycles. The maximum Gasteiger partial charge on any atom is 0.0543 e. The van der Waals surface area contributed by atoms with Gasteiger partial charge in [-0.2, -0.15) is 0 Å². The van der Waals surface area contributed by atoms with E-state index in [1.807, 2.05) is 0 Å². The molecule has 0 unspecified atom stereocenters. The Bertz CT molecular complexity index is 1810. The fraction of sp³-hybridized carbons (Fsp3) is 0.268. The van der Waals surface area contributed by atoms with Gasteiger partial charge >= 0.3 is 0 Å². The molecule has 3 aliphatic rings. The van der Waals surface area contributed by atoms with E-state index in [0.29, 0.717) is 0 Å². The fourth-order valence-electron chi connectivity index (χ4n) is 8.13. The lowest BCUT2D eigenvalue weighted by Crippen LogP contribution is -2.19. The lowest BCUT2D eigenvalue weighted by atomic mass is 9.80. The van der Waals surface area contributed by atoms with Crippen LogP contribution >= 0.6 is 0 Å². The van der Waals surface area contributed by atoms with E-state index < -0.39 is 0 Å². The Morgan fingerprint density at radius 2 is 1.12 bits per heavy atom. The van der Waals surface area contributed by atoms with Crippen LogP contribution in [-0.2, 0) is 31.1 Å². The summed E-state index contributed by atoms with van der Waals surface area (Å²) in [7, 11) is 0. The summed E-state index contributed by atoms with van der Waals surface area (Å²) in [5.74, 6) is 0. The van der Waals surface area contributed by atoms with E-state index in [2.05, 4.69) is 122 Å². The predicted octanol–water partition coefficient (Wildman–Crippen LogP) is 10.9. The number of benzene rings is 5. The van der Waals surface area contributed by atoms with Crippen molar-refractivity contribution >= 4 is 17.1 Å². The van der Waals surface area contributed by atoms with Crippen LogP contribution in [0, 0.1) is 0 Å². The lowest BCUT2D eigenvalue weighted by Gasteiger charge is -2.34. The third kappa shape index (κ3) is 3.97. The van der Waals surface area contributed by atoms with Crippen molar-refractivity contribution in [1.82, 2.24) is 0 Å². The predicted molar refractivity (Wildman–Crippen MR) is 177 cm³/mol. The maximum atomic E-state index is 2.60. The first-order valence-electron chi connectivity index (χ1n) is 16.0. The number of nitrogens with zero attached hydrogens (tertiary/aromatic N) is 1. The first-order valence-corrected chi connectivity index (χ1v) is 16.0. The second-order valence-corrected chi connectivity index (χ2v) is 13.0. The minimum Gasteiger partial charge on any atom is -0.310 e. The van der Waals surface area contributed by atoms with Gasteiger partial charge in [0.25, 0.3) is 0 Å². The van der Waals surface area contributed by atoms with Gasteiger partial charge < -0.3 is 4.90 Å². The molecule has 1 heteroatoms. The largest absolute Gasteiger partial charge is 0.310 e. The molecule has 8 rings (SSSR count). The Kier molecular flexibility index (Phi) is 6.11. The highest BCUT2D eigenvalue weighted by Crippen LogP contribution is 2.54. The third-order valence-electron chi connectivity index (χ3n) is 10.3. The molecule has 1 nitrogen and oxygen atoms in total. The monoisotopic (exact) mass is 545 g/mol. The lowest BCUT2D eigenvalue weighted by molar-refractivity contribution is 0.660. The fourth-order valence-corrected chi connectivity index (χ4v) is 8.13. The first kappa shape index (κ1) is 25.6. The van der Waals surface area contributed by atoms with Crippen LogP contribution < -0.4 is 4.90 Å². The Morgan fingerprint density at radius 1 is 0.476 bits per heavy atom. The van der Waals surface area contributed by atoms with Crippen LogP contribution in [0.5, 0.6) is 0 Å². The highest BCUT2D eigenvalue weighted by molar-refractivity contribution is 5.96. The molecule has 0 radical (unpaired) electrons. The number of para-hydroxylation sites is 1. The SMILES string of the molecule is CC1(C)c2ccccc2-c2cc(-c3cccc4c3CCCC4)c(N(c3ccccc3)c3cccc4c3CCCC4)cc21. The van der Waals surface area contributed by atoms with Crippen molar-refractivity contribution in [3.8, 4) is 22.3 Å². The van der Waals surface area contributed by atoms with Gasteiger partial charge in [-0.3, -0.25) is 0 Å². The van der Waals surface area contributed by atoms with Gasteiger partial charge in [-0.25, -0.2) is 0 Å². The molecule has 0 aliphatic heterocycles. The van der Waals surface area contributed by atoms with Crippen molar-refractivity contribution in [1.29, 1.82) is 0 Å². The summed E-state index contributed by atoms with van der Waals surface area (Å²) >= 11 is 0. The topological polar surface area (TPSA) is 3.24 Å². The van der Waals surface area contributed by atoms with E-state index in [1.54, 1.807) is 5.56 Å². The van der Waals surface area contributed by atoms with E-state index in [-0.39, 0.29) is 5.41 Å². The van der Waals surface area contributed by atoms with Gasteiger partial charge in [-0.05, 0) is 132 Å². The van der Waals surface area contributed by atoms with Crippen molar-refractivity contribution in [3.63, 3.8) is 0 Å². The molecule has 0 aromatic heterocycles. The average molecular weight is 546 g/mol. The molecule has 0 saturated heterocycles. The third-order valence-corrected chi connectivity index (χ3v) is 10.3. The van der Waals surface area contributed by atoms with Crippen molar-refractivity contribution < 1.29 is 0 Å². The van der Waals surface area contributed by atoms with Crippen LogP contribution in [0.2, 0.25) is 0 Å². The van der Waals surface area contributed by atoms with Crippen molar-refractivity contribution in [3.05, 3.63) is 137 Å². The number of anilines is 3. The van der Waals surface area contributed by atoms with E-state index in [9.17, 15) is 0 Å². The molecule has 0 amide bonds. The van der Waals surface area contributed by atoms with E-state index in [4.69, 9.17) is 0 Å². The van der Waals surface area contributed by atoms with Gasteiger partial charge in [0, 0.05) is 22.4 Å². The molecule has 5 aromatic rings. The molecule has 0 saturated carbocycles. The number of hydrogen-bond acceptors (Lipinski definition) is 1. The molecule has 0 heterocycles. The molecule has 0 spiro atoms. The minimum absolute atomic E-state index is 0.0617. The summed E-state index contributed by atoms with van der Waals surface area (Å²) in [6, 6.07) is 39.3. The number of aryl methyl sites for hydroxylation is 2. The second-order valence-electron chi connectivity index (χ2n) is 13.0. The molecule has 0 N–H and O–H groups in total. The molecule has 5 aromatic carbocycles. The Morgan fingerprint density at radius 3 is 1.93 bits per heavy atom. The maximum absolute atomic E-state index is 2.60. The Hall–Kier alpha value is -4.10. The van der Waals surface area contributed by atoms with Crippen LogP contribution in [0.1, 0.15) is 72.9 Å². The molecule has 0 bridgehead atoms. The molecule has 0 atom stereocenters. The van der Waals surface area contributed by atoms with Crippen molar-refractivity contribution in [2.24, 2.45) is 0 Å². The average Bonchev–Trinajstić information content (AvgIpc) is 3.27. The quantitative estimate of drug-likeness (QED) is 0.217. The standard InChI is InChI=1S/C41H39N/c1-41(2)37-24-11-10-22-34(37)35-26-36(33-23-12-16-28-14-6-8-20-31(28)33)40(27-38(35)41)42(30-18-4-3-5-19-30)39-25-13-17-29-15-7-9-21-32(29)39/h3-5,10-13,16-19,22-27H,6-9,14-15,20-21H2,1-2H3. The Labute approximate surface area is 250 Å². The summed E-state index contributed by atoms with van der Waals surface area (Å²) in [5, 5.41) is 0. The van der Waals surface area contributed by atoms with Crippen LogP contribution in [0.25, 0.3) is 22.3 Å². The van der Waals surface area contributed by atoms with Gasteiger partial charge in [0.2, 0.25) is 0 Å². The zero-order chi connectivity index (χ0) is 28.3. The van der Waals surface area contributed by atoms with Crippen LogP contribution in [0.3, 0.4) is 0 Å². The number of rotatable bonds is 4. The summed E-state index contributed by atoms with van der Waals surface area (Å²) in [6.45, 7) is 4.81. The van der Waals surface area contributed by atoms with Gasteiger partial charge in [-0.1, -0.05) is 86.6 Å². The highest BCUT2D eigenvalue weighted by Gasteiger charge is 2.37. The molecular weight excluding hydrogens is 506 g/mol. The number of fused-ring (bicyclic) bond motifs is 5. The normalized spacial score (nSPS) is 16.2. The molecule has 0 fully saturated rings. The minimum atomic E-state index is -0.0617. The zero-order valence-electron chi connectivity index (χ0n) is 24.9. The van der Waals surface area contributed by atoms with E-state index in [0.717, 1.165) is 12.8 Å². The molecule has 42 heavy (non-hydrogen) atoms. The summed E-state index contributed by atoms with van der Waals surface area (Å²) in [6.07, 6.45) is 9.79. The van der Waals surface area contributed by atoms with Crippen LogP contribution in [0.15, 0.2) is 103 Å². The van der Waals surface area contributed by atoms with Gasteiger partial charge in [-0.15, -0.1) is 0 Å². The second kappa shape index (κ2) is 10.0. The summed E-state index contributed by atoms with van der Waals surface area (Å²) in [5.41, 5.74) is 18.4. The van der Waals surface area contributed by atoms with E-state index in [1.165, 1.54) is 106 Å². The Balaban J connectivity index is 1.46. The van der Waals surface area contributed by atoms with Crippen molar-refractivity contribution in [2.45, 2.75) is 70.6 Å². The van der Waals surface area contributed by atoms with Gasteiger partial charge in [0.05, 0.1) is 5.69 Å². The van der Waals surface area contributed by atoms with E-state index >= 15 is 0 Å². The number of hydrogen-bond donors (Lipinski definition) is 0. The van der Waals surface area contributed by atoms with Crippen LogP contribution in [-0.4, -0.2) is 0 Å². The first-order chi connectivity index (χ1) is 20.6. The van der Waals surface area contributed by atoms with Crippen LogP contribution in [0.4, 0.5) is 17.1 Å². The highest BCUT2D eigenvalue weighted by atomic mass is 15.1. The molecule has 208 valence electrons. The summed E-state index contributed by atoms with van der Waals surface area (Å²) < 4.78 is 0.